The van der Waals surface area contributed by atoms with E-state index in [1.807, 2.05) is 17.8 Å². The van der Waals surface area contributed by atoms with Crippen molar-refractivity contribution in [2.45, 2.75) is 11.4 Å². The molecular weight excluding hydrogens is 328 g/mol. The van der Waals surface area contributed by atoms with Gasteiger partial charge < -0.3 is 4.74 Å². The second kappa shape index (κ2) is 6.92. The van der Waals surface area contributed by atoms with Gasteiger partial charge in [-0.15, -0.1) is 0 Å². The Labute approximate surface area is 142 Å². The third-order valence-corrected chi connectivity index (χ3v) is 6.25. The predicted molar refractivity (Wildman–Crippen MR) is 90.2 cm³/mol. The SMILES string of the molecule is COc1ccc(S(=O)(=O)N2CCN(Cc3ccnn3C)CC2)cc1. The minimum Gasteiger partial charge on any atom is -0.497 e. The molecule has 2 aromatic rings. The normalized spacial score (nSPS) is 17.1. The van der Waals surface area contributed by atoms with Gasteiger partial charge in [-0.2, -0.15) is 9.40 Å². The number of nitrogens with zero attached hydrogens (tertiary/aromatic N) is 4. The van der Waals surface area contributed by atoms with Crippen molar-refractivity contribution < 1.29 is 13.2 Å². The highest BCUT2D eigenvalue weighted by molar-refractivity contribution is 7.89. The van der Waals surface area contributed by atoms with Gasteiger partial charge in [0.05, 0.1) is 17.7 Å². The van der Waals surface area contributed by atoms with Crippen molar-refractivity contribution in [1.82, 2.24) is 19.0 Å². The van der Waals surface area contributed by atoms with Gasteiger partial charge in [-0.25, -0.2) is 8.42 Å². The molecule has 1 aliphatic rings. The van der Waals surface area contributed by atoms with Crippen LogP contribution in [-0.4, -0.2) is 60.7 Å². The number of methoxy groups -OCH3 is 1. The lowest BCUT2D eigenvalue weighted by Gasteiger charge is -2.33. The lowest BCUT2D eigenvalue weighted by Crippen LogP contribution is -2.48. The fourth-order valence-electron chi connectivity index (χ4n) is 2.81. The van der Waals surface area contributed by atoms with Crippen molar-refractivity contribution in [2.24, 2.45) is 7.05 Å². The monoisotopic (exact) mass is 350 g/mol. The van der Waals surface area contributed by atoms with Gasteiger partial charge in [0.1, 0.15) is 5.75 Å². The van der Waals surface area contributed by atoms with Crippen LogP contribution in [0.3, 0.4) is 0 Å². The molecule has 0 saturated carbocycles. The zero-order valence-corrected chi connectivity index (χ0v) is 14.7. The van der Waals surface area contributed by atoms with E-state index in [4.69, 9.17) is 4.74 Å². The highest BCUT2D eigenvalue weighted by Gasteiger charge is 2.28. The van der Waals surface area contributed by atoms with E-state index in [0.717, 1.165) is 12.2 Å². The van der Waals surface area contributed by atoms with Gasteiger partial charge in [-0.3, -0.25) is 9.58 Å². The van der Waals surface area contributed by atoms with Crippen LogP contribution in [-0.2, 0) is 23.6 Å². The fourth-order valence-corrected chi connectivity index (χ4v) is 4.23. The van der Waals surface area contributed by atoms with Crippen molar-refractivity contribution in [2.75, 3.05) is 33.3 Å². The Kier molecular flexibility index (Phi) is 4.88. The van der Waals surface area contributed by atoms with E-state index >= 15 is 0 Å². The first kappa shape index (κ1) is 16.9. The zero-order chi connectivity index (χ0) is 17.2. The molecule has 1 aliphatic heterocycles. The van der Waals surface area contributed by atoms with E-state index in [1.165, 1.54) is 0 Å². The lowest BCUT2D eigenvalue weighted by atomic mass is 10.3. The van der Waals surface area contributed by atoms with E-state index in [-0.39, 0.29) is 0 Å². The highest BCUT2D eigenvalue weighted by Crippen LogP contribution is 2.21. The Balaban J connectivity index is 1.63. The van der Waals surface area contributed by atoms with Gasteiger partial charge in [0, 0.05) is 46.0 Å². The van der Waals surface area contributed by atoms with Gasteiger partial charge in [0.2, 0.25) is 10.0 Å². The molecule has 1 aromatic heterocycles. The first-order chi connectivity index (χ1) is 11.5. The van der Waals surface area contributed by atoms with Crippen LogP contribution in [0.15, 0.2) is 41.4 Å². The molecule has 3 rings (SSSR count). The Morgan fingerprint density at radius 3 is 2.29 bits per heavy atom. The molecule has 2 heterocycles. The number of hydrogen-bond donors (Lipinski definition) is 0. The van der Waals surface area contributed by atoms with Crippen LogP contribution in [0, 0.1) is 0 Å². The molecule has 1 fully saturated rings. The van der Waals surface area contributed by atoms with Crippen molar-refractivity contribution in [3.05, 3.63) is 42.2 Å². The Morgan fingerprint density at radius 1 is 1.08 bits per heavy atom. The number of piperazine rings is 1. The number of benzene rings is 1. The molecule has 0 radical (unpaired) electrons. The number of hydrogen-bond acceptors (Lipinski definition) is 5. The maximum absolute atomic E-state index is 12.7. The largest absolute Gasteiger partial charge is 0.497 e. The smallest absolute Gasteiger partial charge is 0.243 e. The quantitative estimate of drug-likeness (QED) is 0.803. The maximum atomic E-state index is 12.7. The zero-order valence-electron chi connectivity index (χ0n) is 13.9. The molecule has 0 atom stereocenters. The van der Waals surface area contributed by atoms with Crippen LogP contribution in [0.4, 0.5) is 0 Å². The van der Waals surface area contributed by atoms with Crippen LogP contribution in [0.1, 0.15) is 5.69 Å². The predicted octanol–water partition coefficient (Wildman–Crippen LogP) is 0.935. The van der Waals surface area contributed by atoms with Crippen LogP contribution in [0.25, 0.3) is 0 Å². The van der Waals surface area contributed by atoms with E-state index in [2.05, 4.69) is 10.00 Å². The molecule has 1 aromatic carbocycles. The Morgan fingerprint density at radius 2 is 1.75 bits per heavy atom. The van der Waals surface area contributed by atoms with Gasteiger partial charge in [-0.05, 0) is 30.3 Å². The molecule has 8 heteroatoms. The molecule has 24 heavy (non-hydrogen) atoms. The van der Waals surface area contributed by atoms with E-state index < -0.39 is 10.0 Å². The molecule has 7 nitrogen and oxygen atoms in total. The molecule has 0 aliphatic carbocycles. The third-order valence-electron chi connectivity index (χ3n) is 4.34. The molecule has 0 amide bonds. The number of ether oxygens (including phenoxy) is 1. The van der Waals surface area contributed by atoms with Crippen molar-refractivity contribution in [3.63, 3.8) is 0 Å². The summed E-state index contributed by atoms with van der Waals surface area (Å²) in [5.74, 6) is 0.648. The molecule has 0 bridgehead atoms. The number of sulfonamides is 1. The third kappa shape index (κ3) is 3.45. The van der Waals surface area contributed by atoms with Crippen molar-refractivity contribution in [1.29, 1.82) is 0 Å². The minimum atomic E-state index is -3.45. The first-order valence-electron chi connectivity index (χ1n) is 7.84. The highest BCUT2D eigenvalue weighted by atomic mass is 32.2. The lowest BCUT2D eigenvalue weighted by molar-refractivity contribution is 0.178. The van der Waals surface area contributed by atoms with Crippen molar-refractivity contribution in [3.8, 4) is 5.75 Å². The Hall–Kier alpha value is -1.90. The summed E-state index contributed by atoms with van der Waals surface area (Å²) in [7, 11) is 0.0298. The van der Waals surface area contributed by atoms with Crippen LogP contribution < -0.4 is 4.74 Å². The summed E-state index contributed by atoms with van der Waals surface area (Å²) in [6, 6.07) is 8.52. The molecule has 0 N–H and O–H groups in total. The number of aromatic nitrogens is 2. The average molecular weight is 350 g/mol. The van der Waals surface area contributed by atoms with E-state index in [9.17, 15) is 8.42 Å². The number of rotatable bonds is 5. The summed E-state index contributed by atoms with van der Waals surface area (Å²) in [6.45, 7) is 3.19. The summed E-state index contributed by atoms with van der Waals surface area (Å²) >= 11 is 0. The molecular formula is C16H22N4O3S. The number of aryl methyl sites for hydroxylation is 1. The van der Waals surface area contributed by atoms with E-state index in [1.54, 1.807) is 41.9 Å². The second-order valence-corrected chi connectivity index (χ2v) is 7.74. The van der Waals surface area contributed by atoms with Gasteiger partial charge in [0.25, 0.3) is 0 Å². The van der Waals surface area contributed by atoms with Crippen LogP contribution in [0.5, 0.6) is 5.75 Å². The second-order valence-electron chi connectivity index (χ2n) is 5.80. The Bertz CT molecular complexity index is 778. The molecule has 0 spiro atoms. The first-order valence-corrected chi connectivity index (χ1v) is 9.28. The summed E-state index contributed by atoms with van der Waals surface area (Å²) in [5.41, 5.74) is 1.13. The van der Waals surface area contributed by atoms with Crippen LogP contribution >= 0.6 is 0 Å². The van der Waals surface area contributed by atoms with Crippen molar-refractivity contribution >= 4 is 10.0 Å². The maximum Gasteiger partial charge on any atom is 0.243 e. The summed E-state index contributed by atoms with van der Waals surface area (Å²) in [5, 5.41) is 4.16. The van der Waals surface area contributed by atoms with Gasteiger partial charge in [0.15, 0.2) is 0 Å². The molecule has 1 saturated heterocycles. The summed E-state index contributed by atoms with van der Waals surface area (Å²) < 4.78 is 33.9. The standard InChI is InChI=1S/C16H22N4O3S/c1-18-14(7-8-17-18)13-19-9-11-20(12-10-19)24(21,22)16-5-3-15(23-2)4-6-16/h3-8H,9-13H2,1-2H3. The average Bonchev–Trinajstić information content (AvgIpc) is 3.00. The minimum absolute atomic E-state index is 0.309. The van der Waals surface area contributed by atoms with Gasteiger partial charge in [-0.1, -0.05) is 0 Å². The summed E-state index contributed by atoms with van der Waals surface area (Å²) in [6.07, 6.45) is 1.78. The fraction of sp³-hybridized carbons (Fsp3) is 0.438. The van der Waals surface area contributed by atoms with Crippen LogP contribution in [0.2, 0.25) is 0 Å². The molecule has 0 unspecified atom stereocenters. The summed E-state index contributed by atoms with van der Waals surface area (Å²) in [4.78, 5) is 2.56. The molecule has 130 valence electrons. The van der Waals surface area contributed by atoms with E-state index in [0.29, 0.717) is 36.8 Å². The van der Waals surface area contributed by atoms with Gasteiger partial charge >= 0.3 is 0 Å². The topological polar surface area (TPSA) is 67.7 Å².